The predicted octanol–water partition coefficient (Wildman–Crippen LogP) is 1.95. The van der Waals surface area contributed by atoms with Gasteiger partial charge in [0.2, 0.25) is 0 Å². The number of hydrogen-bond acceptors (Lipinski definition) is 2. The van der Waals surface area contributed by atoms with E-state index in [0.29, 0.717) is 13.2 Å². The summed E-state index contributed by atoms with van der Waals surface area (Å²) in [6, 6.07) is 9.53. The predicted molar refractivity (Wildman–Crippen MR) is 49.3 cm³/mol. The van der Waals surface area contributed by atoms with Crippen LogP contribution < -0.4 is 5.32 Å². The molecule has 0 saturated carbocycles. The zero-order valence-corrected chi connectivity index (χ0v) is 7.56. The molecule has 0 bridgehead atoms. The molecule has 0 heterocycles. The van der Waals surface area contributed by atoms with E-state index in [4.69, 9.17) is 4.74 Å². The van der Waals surface area contributed by atoms with Gasteiger partial charge in [0.25, 0.3) is 0 Å². The van der Waals surface area contributed by atoms with E-state index in [-0.39, 0.29) is 0 Å². The van der Waals surface area contributed by atoms with E-state index in [9.17, 15) is 4.79 Å². The van der Waals surface area contributed by atoms with Gasteiger partial charge >= 0.3 is 6.09 Å². The number of amides is 1. The van der Waals surface area contributed by atoms with Gasteiger partial charge in [0, 0.05) is 6.54 Å². The summed E-state index contributed by atoms with van der Waals surface area (Å²) in [6.45, 7) is 2.56. The molecule has 3 nitrogen and oxygen atoms in total. The third-order valence-electron chi connectivity index (χ3n) is 1.49. The molecule has 13 heavy (non-hydrogen) atoms. The van der Waals surface area contributed by atoms with Gasteiger partial charge in [-0.2, -0.15) is 0 Å². The Bertz CT molecular complexity index is 259. The summed E-state index contributed by atoms with van der Waals surface area (Å²) in [5.74, 6) is 0. The molecule has 0 aliphatic heterocycles. The smallest absolute Gasteiger partial charge is 0.429 e. The Labute approximate surface area is 77.7 Å². The molecule has 0 fully saturated rings. The summed E-state index contributed by atoms with van der Waals surface area (Å²) < 4.78 is 4.86. The first-order chi connectivity index (χ1) is 6.33. The number of hydrogen-bond donors (Lipinski definition) is 0. The van der Waals surface area contributed by atoms with Gasteiger partial charge in [-0.15, -0.1) is 0 Å². The first-order valence-electron chi connectivity index (χ1n) is 4.21. The molecule has 0 N–H and O–H groups in total. The zero-order chi connectivity index (χ0) is 9.52. The van der Waals surface area contributed by atoms with Crippen LogP contribution in [0.5, 0.6) is 0 Å². The van der Waals surface area contributed by atoms with Crippen LogP contribution in [0.2, 0.25) is 0 Å². The monoisotopic (exact) mass is 178 g/mol. The average Bonchev–Trinajstić information content (AvgIpc) is 2.17. The summed E-state index contributed by atoms with van der Waals surface area (Å²) >= 11 is 0. The van der Waals surface area contributed by atoms with E-state index < -0.39 is 6.09 Å². The van der Waals surface area contributed by atoms with Crippen molar-refractivity contribution in [2.24, 2.45) is 0 Å². The molecule has 0 aliphatic rings. The minimum Gasteiger partial charge on any atom is -0.443 e. The molecule has 1 radical (unpaired) electrons. The second-order valence-electron chi connectivity index (χ2n) is 2.51. The van der Waals surface area contributed by atoms with Crippen LogP contribution in [0.3, 0.4) is 0 Å². The third-order valence-corrected chi connectivity index (χ3v) is 1.49. The van der Waals surface area contributed by atoms with Crippen LogP contribution in [0.4, 0.5) is 4.79 Å². The molecule has 0 spiro atoms. The second-order valence-corrected chi connectivity index (χ2v) is 2.51. The van der Waals surface area contributed by atoms with Gasteiger partial charge in [-0.1, -0.05) is 30.3 Å². The van der Waals surface area contributed by atoms with Gasteiger partial charge < -0.3 is 4.74 Å². The van der Waals surface area contributed by atoms with Crippen molar-refractivity contribution < 1.29 is 9.53 Å². The van der Waals surface area contributed by atoms with E-state index in [1.54, 1.807) is 6.92 Å². The Kier molecular flexibility index (Phi) is 3.82. The maximum Gasteiger partial charge on any atom is 0.429 e. The molecule has 0 unspecified atom stereocenters. The molecular weight excluding hydrogens is 166 g/mol. The van der Waals surface area contributed by atoms with Crippen molar-refractivity contribution in [2.45, 2.75) is 13.5 Å². The van der Waals surface area contributed by atoms with Crippen molar-refractivity contribution in [2.75, 3.05) is 6.54 Å². The van der Waals surface area contributed by atoms with Crippen LogP contribution in [0.15, 0.2) is 30.3 Å². The van der Waals surface area contributed by atoms with Crippen LogP contribution in [-0.4, -0.2) is 12.6 Å². The fourth-order valence-corrected chi connectivity index (χ4v) is 0.894. The fourth-order valence-electron chi connectivity index (χ4n) is 0.894. The normalized spacial score (nSPS) is 9.31. The maximum absolute atomic E-state index is 10.8. The summed E-state index contributed by atoms with van der Waals surface area (Å²) in [5, 5.41) is 3.58. The van der Waals surface area contributed by atoms with Crippen LogP contribution in [-0.2, 0) is 11.3 Å². The number of benzene rings is 1. The summed E-state index contributed by atoms with van der Waals surface area (Å²) in [7, 11) is 0. The quantitative estimate of drug-likeness (QED) is 0.709. The second kappa shape index (κ2) is 5.19. The highest BCUT2D eigenvalue weighted by atomic mass is 16.5. The molecule has 69 valence electrons. The minimum absolute atomic E-state index is 0.295. The van der Waals surface area contributed by atoms with Crippen molar-refractivity contribution in [3.63, 3.8) is 0 Å². The maximum atomic E-state index is 10.8. The molecule has 1 amide bonds. The molecule has 0 atom stereocenters. The van der Waals surface area contributed by atoms with Crippen LogP contribution >= 0.6 is 0 Å². The summed E-state index contributed by atoms with van der Waals surface area (Å²) in [6.07, 6.45) is -0.494. The van der Waals surface area contributed by atoms with Gasteiger partial charge in [0.1, 0.15) is 6.61 Å². The molecule has 1 rings (SSSR count). The molecule has 1 aromatic rings. The van der Waals surface area contributed by atoms with E-state index in [1.165, 1.54) is 0 Å². The highest BCUT2D eigenvalue weighted by Crippen LogP contribution is 2.00. The molecule has 0 saturated heterocycles. The Balaban J connectivity index is 2.31. The lowest BCUT2D eigenvalue weighted by atomic mass is 10.2. The fraction of sp³-hybridized carbons (Fsp3) is 0.300. The number of nitrogens with zero attached hydrogens (tertiary/aromatic N) is 1. The summed E-state index contributed by atoms with van der Waals surface area (Å²) in [4.78, 5) is 10.8. The molecular formula is C10H12NO2. The topological polar surface area (TPSA) is 40.4 Å². The largest absolute Gasteiger partial charge is 0.443 e. The van der Waals surface area contributed by atoms with Gasteiger partial charge in [-0.05, 0) is 12.5 Å². The highest BCUT2D eigenvalue weighted by Gasteiger charge is 2.00. The number of carbonyl (C=O) groups is 1. The van der Waals surface area contributed by atoms with Crippen LogP contribution in [0.1, 0.15) is 12.5 Å². The molecule has 3 heteroatoms. The first kappa shape index (κ1) is 9.58. The Morgan fingerprint density at radius 2 is 2.08 bits per heavy atom. The lowest BCUT2D eigenvalue weighted by molar-refractivity contribution is 0.139. The number of ether oxygens (including phenoxy) is 1. The molecule has 0 aromatic heterocycles. The van der Waals surface area contributed by atoms with Gasteiger partial charge in [-0.25, -0.2) is 10.1 Å². The van der Waals surface area contributed by atoms with Crippen molar-refractivity contribution in [3.05, 3.63) is 35.9 Å². The van der Waals surface area contributed by atoms with E-state index in [1.807, 2.05) is 30.3 Å². The van der Waals surface area contributed by atoms with E-state index in [2.05, 4.69) is 5.32 Å². The number of rotatable bonds is 3. The Hall–Kier alpha value is -1.51. The number of carbonyl (C=O) groups excluding carboxylic acids is 1. The molecule has 1 aromatic carbocycles. The highest BCUT2D eigenvalue weighted by molar-refractivity contribution is 5.66. The average molecular weight is 178 g/mol. The van der Waals surface area contributed by atoms with Gasteiger partial charge in [0.05, 0.1) is 0 Å². The van der Waals surface area contributed by atoms with Crippen LogP contribution in [0.25, 0.3) is 0 Å². The van der Waals surface area contributed by atoms with Crippen molar-refractivity contribution >= 4 is 6.09 Å². The first-order valence-corrected chi connectivity index (χ1v) is 4.21. The SMILES string of the molecule is CC[N]C(=O)OCc1ccccc1. The standard InChI is InChI=1S/C10H12NO2/c1-2-11-10(12)13-8-9-6-4-3-5-7-9/h3-7H,2,8H2,1H3. The molecule has 0 aliphatic carbocycles. The summed E-state index contributed by atoms with van der Waals surface area (Å²) in [5.41, 5.74) is 0.974. The van der Waals surface area contributed by atoms with Crippen molar-refractivity contribution in [1.82, 2.24) is 5.32 Å². The minimum atomic E-state index is -0.494. The van der Waals surface area contributed by atoms with Crippen molar-refractivity contribution in [1.29, 1.82) is 0 Å². The third kappa shape index (κ3) is 3.60. The van der Waals surface area contributed by atoms with E-state index >= 15 is 0 Å². The van der Waals surface area contributed by atoms with Gasteiger partial charge in [-0.3, -0.25) is 0 Å². The van der Waals surface area contributed by atoms with Crippen molar-refractivity contribution in [3.8, 4) is 0 Å². The lowest BCUT2D eigenvalue weighted by Crippen LogP contribution is -2.16. The van der Waals surface area contributed by atoms with Gasteiger partial charge in [0.15, 0.2) is 0 Å². The zero-order valence-electron chi connectivity index (χ0n) is 7.56. The Morgan fingerprint density at radius 3 is 2.69 bits per heavy atom. The van der Waals surface area contributed by atoms with Crippen LogP contribution in [0, 0.1) is 0 Å². The lowest BCUT2D eigenvalue weighted by Gasteiger charge is -2.02. The van der Waals surface area contributed by atoms with E-state index in [0.717, 1.165) is 5.56 Å². The Morgan fingerprint density at radius 1 is 1.38 bits per heavy atom.